The van der Waals surface area contributed by atoms with Crippen LogP contribution in [0.15, 0.2) is 24.3 Å². The lowest BCUT2D eigenvalue weighted by molar-refractivity contribution is 0.0432. The van der Waals surface area contributed by atoms with Crippen LogP contribution in [0.5, 0.6) is 0 Å². The summed E-state index contributed by atoms with van der Waals surface area (Å²) >= 11 is 6.04. The van der Waals surface area contributed by atoms with Crippen molar-refractivity contribution >= 4 is 23.6 Å². The van der Waals surface area contributed by atoms with Crippen LogP contribution < -0.4 is 10.6 Å². The van der Waals surface area contributed by atoms with E-state index in [2.05, 4.69) is 24.5 Å². The minimum absolute atomic E-state index is 0.123. The van der Waals surface area contributed by atoms with Gasteiger partial charge in [-0.1, -0.05) is 30.7 Å². The molecular weight excluding hydrogens is 366 g/mol. The Morgan fingerprint density at radius 1 is 1.22 bits per heavy atom. The first-order valence-electron chi connectivity index (χ1n) is 9.69. The molecule has 0 aliphatic carbocycles. The van der Waals surface area contributed by atoms with Gasteiger partial charge in [-0.25, -0.2) is 4.79 Å². The third kappa shape index (κ3) is 5.84. The van der Waals surface area contributed by atoms with Gasteiger partial charge >= 0.3 is 6.09 Å². The molecule has 6 nitrogen and oxygen atoms in total. The lowest BCUT2D eigenvalue weighted by atomic mass is 9.91. The summed E-state index contributed by atoms with van der Waals surface area (Å²) in [5.41, 5.74) is 0.488. The number of nitrogens with zero attached hydrogens (tertiary/aromatic N) is 1. The highest BCUT2D eigenvalue weighted by Crippen LogP contribution is 2.26. The van der Waals surface area contributed by atoms with E-state index in [4.69, 9.17) is 16.3 Å². The van der Waals surface area contributed by atoms with Crippen molar-refractivity contribution in [3.8, 4) is 0 Å². The van der Waals surface area contributed by atoms with Gasteiger partial charge in [0.15, 0.2) is 0 Å². The number of piperidine rings is 1. The fourth-order valence-electron chi connectivity index (χ4n) is 3.67. The molecule has 0 bridgehead atoms. The normalized spacial score (nSPS) is 22.4. The lowest BCUT2D eigenvalue weighted by Gasteiger charge is -2.43. The van der Waals surface area contributed by atoms with E-state index in [1.165, 1.54) is 0 Å². The second kappa shape index (κ2) is 10.5. The molecule has 0 spiro atoms. The number of nitrogens with one attached hydrogen (secondary N) is 2. The zero-order chi connectivity index (χ0) is 19.8. The van der Waals surface area contributed by atoms with Crippen molar-refractivity contribution in [2.24, 2.45) is 0 Å². The predicted octanol–water partition coefficient (Wildman–Crippen LogP) is 3.45. The zero-order valence-corrected chi connectivity index (χ0v) is 17.1. The van der Waals surface area contributed by atoms with Crippen LogP contribution in [0.3, 0.4) is 0 Å². The van der Waals surface area contributed by atoms with Crippen molar-refractivity contribution in [2.45, 2.75) is 58.2 Å². The van der Waals surface area contributed by atoms with Crippen LogP contribution in [0, 0.1) is 0 Å². The van der Waals surface area contributed by atoms with Crippen LogP contribution in [0.1, 0.15) is 50.4 Å². The van der Waals surface area contributed by atoms with Crippen LogP contribution >= 0.6 is 11.6 Å². The SMILES string of the molecule is CCOC(=O)N1C(C)CC(NCCNC(=O)c2ccccc2Cl)CC1CC. The number of amides is 2. The number of hydrogen-bond donors (Lipinski definition) is 2. The van der Waals surface area contributed by atoms with Crippen molar-refractivity contribution in [2.75, 3.05) is 19.7 Å². The van der Waals surface area contributed by atoms with Crippen LogP contribution in [0.25, 0.3) is 0 Å². The maximum absolute atomic E-state index is 12.2. The molecule has 27 heavy (non-hydrogen) atoms. The topological polar surface area (TPSA) is 70.7 Å². The Kier molecular flexibility index (Phi) is 8.38. The molecule has 0 saturated carbocycles. The second-order valence-electron chi connectivity index (χ2n) is 6.88. The Hall–Kier alpha value is -1.79. The molecule has 2 N–H and O–H groups in total. The number of carbonyl (C=O) groups is 2. The molecule has 1 aliphatic rings. The Morgan fingerprint density at radius 2 is 1.96 bits per heavy atom. The molecule has 1 saturated heterocycles. The van der Waals surface area contributed by atoms with E-state index >= 15 is 0 Å². The van der Waals surface area contributed by atoms with E-state index in [1.54, 1.807) is 24.3 Å². The summed E-state index contributed by atoms with van der Waals surface area (Å²) in [5, 5.41) is 6.84. The van der Waals surface area contributed by atoms with Crippen LogP contribution in [-0.2, 0) is 4.74 Å². The van der Waals surface area contributed by atoms with Crippen molar-refractivity contribution in [1.29, 1.82) is 0 Å². The molecule has 1 fully saturated rings. The lowest BCUT2D eigenvalue weighted by Crippen LogP contribution is -2.55. The van der Waals surface area contributed by atoms with Gasteiger partial charge in [0, 0.05) is 31.2 Å². The summed E-state index contributed by atoms with van der Waals surface area (Å²) in [6, 6.07) is 7.62. The van der Waals surface area contributed by atoms with Gasteiger partial charge < -0.3 is 20.3 Å². The summed E-state index contributed by atoms with van der Waals surface area (Å²) in [6.45, 7) is 7.57. The number of benzene rings is 1. The van der Waals surface area contributed by atoms with Gasteiger partial charge in [0.1, 0.15) is 0 Å². The Balaban J connectivity index is 1.79. The Bertz CT molecular complexity index is 641. The maximum Gasteiger partial charge on any atom is 0.410 e. The van der Waals surface area contributed by atoms with Gasteiger partial charge in [-0.05, 0) is 45.2 Å². The molecule has 0 aromatic heterocycles. The minimum Gasteiger partial charge on any atom is -0.450 e. The summed E-state index contributed by atoms with van der Waals surface area (Å²) in [4.78, 5) is 26.2. The van der Waals surface area contributed by atoms with E-state index < -0.39 is 0 Å². The highest BCUT2D eigenvalue weighted by atomic mass is 35.5. The molecule has 2 amide bonds. The number of likely N-dealkylation sites (tertiary alicyclic amines) is 1. The van der Waals surface area contributed by atoms with Gasteiger partial charge in [0.2, 0.25) is 0 Å². The second-order valence-corrected chi connectivity index (χ2v) is 7.28. The van der Waals surface area contributed by atoms with Crippen molar-refractivity contribution in [3.63, 3.8) is 0 Å². The first-order chi connectivity index (χ1) is 13.0. The average Bonchev–Trinajstić information content (AvgIpc) is 2.65. The van der Waals surface area contributed by atoms with Gasteiger partial charge in [0.05, 0.1) is 17.2 Å². The van der Waals surface area contributed by atoms with Crippen LogP contribution in [0.2, 0.25) is 5.02 Å². The molecule has 3 atom stereocenters. The fraction of sp³-hybridized carbons (Fsp3) is 0.600. The molecule has 1 aromatic rings. The zero-order valence-electron chi connectivity index (χ0n) is 16.3. The standard InChI is InChI=1S/C20H30ClN3O3/c1-4-16-13-15(12-14(3)24(16)20(26)27-5-2)22-10-11-23-19(25)17-8-6-7-9-18(17)21/h6-9,14-16,22H,4-5,10-13H2,1-3H3,(H,23,25). The van der Waals surface area contributed by atoms with Gasteiger partial charge in [0.25, 0.3) is 5.91 Å². The first-order valence-corrected chi connectivity index (χ1v) is 10.1. The van der Waals surface area contributed by atoms with E-state index in [-0.39, 0.29) is 24.1 Å². The van der Waals surface area contributed by atoms with Gasteiger partial charge in [-0.15, -0.1) is 0 Å². The molecule has 7 heteroatoms. The fourth-order valence-corrected chi connectivity index (χ4v) is 3.89. The Labute approximate surface area is 166 Å². The van der Waals surface area contributed by atoms with E-state index in [9.17, 15) is 9.59 Å². The molecule has 1 aromatic carbocycles. The predicted molar refractivity (Wildman–Crippen MR) is 107 cm³/mol. The monoisotopic (exact) mass is 395 g/mol. The molecule has 3 unspecified atom stereocenters. The number of ether oxygens (including phenoxy) is 1. The summed E-state index contributed by atoms with van der Waals surface area (Å²) < 4.78 is 5.20. The third-order valence-corrected chi connectivity index (χ3v) is 5.29. The summed E-state index contributed by atoms with van der Waals surface area (Å²) in [5.74, 6) is -0.167. The highest BCUT2D eigenvalue weighted by molar-refractivity contribution is 6.33. The van der Waals surface area contributed by atoms with Gasteiger partial charge in [-0.2, -0.15) is 0 Å². The molecule has 1 heterocycles. The minimum atomic E-state index is -0.220. The van der Waals surface area contributed by atoms with Crippen LogP contribution in [-0.4, -0.2) is 54.7 Å². The number of hydrogen-bond acceptors (Lipinski definition) is 4. The van der Waals surface area contributed by atoms with Crippen molar-refractivity contribution < 1.29 is 14.3 Å². The number of carbonyl (C=O) groups excluding carboxylic acids is 2. The summed E-state index contributed by atoms with van der Waals surface area (Å²) in [6.07, 6.45) is 2.43. The summed E-state index contributed by atoms with van der Waals surface area (Å²) in [7, 11) is 0. The van der Waals surface area contributed by atoms with Crippen molar-refractivity contribution in [3.05, 3.63) is 34.9 Å². The maximum atomic E-state index is 12.2. The Morgan fingerprint density at radius 3 is 2.63 bits per heavy atom. The van der Waals surface area contributed by atoms with E-state index in [1.807, 2.05) is 11.8 Å². The molecule has 2 rings (SSSR count). The van der Waals surface area contributed by atoms with E-state index in [0.717, 1.165) is 19.3 Å². The molecule has 150 valence electrons. The molecular formula is C20H30ClN3O3. The van der Waals surface area contributed by atoms with E-state index in [0.29, 0.717) is 36.3 Å². The van der Waals surface area contributed by atoms with Crippen molar-refractivity contribution in [1.82, 2.24) is 15.5 Å². The van der Waals surface area contributed by atoms with Gasteiger partial charge in [-0.3, -0.25) is 4.79 Å². The highest BCUT2D eigenvalue weighted by Gasteiger charge is 2.35. The molecule has 1 aliphatic heterocycles. The quantitative estimate of drug-likeness (QED) is 0.694. The third-order valence-electron chi connectivity index (χ3n) is 4.96. The number of rotatable bonds is 7. The molecule has 0 radical (unpaired) electrons. The first kappa shape index (κ1) is 21.5. The van der Waals surface area contributed by atoms with Crippen LogP contribution in [0.4, 0.5) is 4.79 Å². The smallest absolute Gasteiger partial charge is 0.410 e. The average molecular weight is 396 g/mol. The largest absolute Gasteiger partial charge is 0.450 e. The number of halogens is 1.